The summed E-state index contributed by atoms with van der Waals surface area (Å²) in [6.45, 7) is 0. The highest BCUT2D eigenvalue weighted by atomic mass is 16.3. The van der Waals surface area contributed by atoms with Gasteiger partial charge in [-0.25, -0.2) is 0 Å². The minimum Gasteiger partial charge on any atom is -0.456 e. The topological polar surface area (TPSA) is 16.4 Å². The molecule has 54 heavy (non-hydrogen) atoms. The van der Waals surface area contributed by atoms with Crippen LogP contribution in [0.4, 0.5) is 17.1 Å². The number of nitrogens with zero attached hydrogens (tertiary/aromatic N) is 1. The van der Waals surface area contributed by atoms with Crippen LogP contribution in [0.15, 0.2) is 168 Å². The van der Waals surface area contributed by atoms with Gasteiger partial charge in [0, 0.05) is 39.3 Å². The van der Waals surface area contributed by atoms with Crippen molar-refractivity contribution in [3.05, 3.63) is 175 Å². The van der Waals surface area contributed by atoms with E-state index in [2.05, 4.69) is 169 Å². The van der Waals surface area contributed by atoms with Crippen molar-refractivity contribution in [2.45, 2.75) is 37.5 Å². The summed E-state index contributed by atoms with van der Waals surface area (Å²) in [4.78, 5) is 2.46. The molecule has 1 heterocycles. The summed E-state index contributed by atoms with van der Waals surface area (Å²) < 4.78 is 6.48. The van der Waals surface area contributed by atoms with Crippen LogP contribution in [0.3, 0.4) is 0 Å². The third-order valence-electron chi connectivity index (χ3n) is 13.9. The van der Waals surface area contributed by atoms with Gasteiger partial charge in [0.25, 0.3) is 0 Å². The number of hydrogen-bond acceptors (Lipinski definition) is 2. The van der Waals surface area contributed by atoms with Crippen molar-refractivity contribution in [3.8, 4) is 33.4 Å². The zero-order chi connectivity index (χ0) is 35.4. The fraction of sp³-hybridized carbons (Fsp3) is 0.192. The summed E-state index contributed by atoms with van der Waals surface area (Å²) in [5, 5.41) is 2.31. The number of para-hydroxylation sites is 1. The van der Waals surface area contributed by atoms with E-state index in [0.717, 1.165) is 57.0 Å². The van der Waals surface area contributed by atoms with E-state index in [0.29, 0.717) is 0 Å². The summed E-state index contributed by atoms with van der Waals surface area (Å²) in [5.41, 5.74) is 16.4. The number of benzene rings is 7. The monoisotopic (exact) mass is 695 g/mol. The van der Waals surface area contributed by atoms with Crippen LogP contribution in [-0.4, -0.2) is 0 Å². The Balaban J connectivity index is 1.000. The van der Waals surface area contributed by atoms with Gasteiger partial charge in [-0.15, -0.1) is 0 Å². The molecule has 4 saturated carbocycles. The number of furan rings is 1. The molecule has 8 aromatic rings. The van der Waals surface area contributed by atoms with Crippen molar-refractivity contribution >= 4 is 39.0 Å². The zero-order valence-corrected chi connectivity index (χ0v) is 30.3. The Labute approximate surface area is 316 Å². The van der Waals surface area contributed by atoms with Gasteiger partial charge in [0.15, 0.2) is 0 Å². The summed E-state index contributed by atoms with van der Waals surface area (Å²) in [6.07, 6.45) is 6.98. The maximum Gasteiger partial charge on any atom is 0.137 e. The van der Waals surface area contributed by atoms with Gasteiger partial charge in [-0.1, -0.05) is 115 Å². The van der Waals surface area contributed by atoms with E-state index in [1.54, 1.807) is 11.1 Å². The predicted molar refractivity (Wildman–Crippen MR) is 223 cm³/mol. The first-order valence-corrected chi connectivity index (χ1v) is 19.9. The maximum absolute atomic E-state index is 6.48. The van der Waals surface area contributed by atoms with E-state index in [4.69, 9.17) is 4.42 Å². The standard InChI is InChI=1S/C52H41NO/c1-2-8-35(9-3-1)36-14-16-37(17-15-36)38-18-20-41(21-19-38)53(43-23-25-47-46-11-5-7-13-50(46)54-51(47)32-43)42-22-24-45-44-10-4-6-12-48(44)52(49(45)31-42)39-27-33-26-34(29-39)30-40(52)28-33/h1-25,31-34,39-40H,26-30H2. The van der Waals surface area contributed by atoms with E-state index in [1.165, 1.54) is 71.2 Å². The lowest BCUT2D eigenvalue weighted by molar-refractivity contribution is -0.0399. The molecule has 0 aliphatic heterocycles. The first kappa shape index (κ1) is 30.6. The predicted octanol–water partition coefficient (Wildman–Crippen LogP) is 14.1. The average molecular weight is 696 g/mol. The first-order valence-electron chi connectivity index (χ1n) is 19.9. The Morgan fingerprint density at radius 3 is 1.69 bits per heavy atom. The van der Waals surface area contributed by atoms with E-state index in [-0.39, 0.29) is 5.41 Å². The van der Waals surface area contributed by atoms with Gasteiger partial charge in [0.1, 0.15) is 11.2 Å². The molecule has 0 atom stereocenters. The summed E-state index contributed by atoms with van der Waals surface area (Å²) in [5.74, 6) is 3.27. The van der Waals surface area contributed by atoms with E-state index >= 15 is 0 Å². The van der Waals surface area contributed by atoms with Crippen molar-refractivity contribution in [1.29, 1.82) is 0 Å². The van der Waals surface area contributed by atoms with Crippen LogP contribution in [0.25, 0.3) is 55.3 Å². The second-order valence-corrected chi connectivity index (χ2v) is 16.6. The molecule has 13 rings (SSSR count). The van der Waals surface area contributed by atoms with E-state index < -0.39 is 0 Å². The molecule has 2 heteroatoms. The lowest BCUT2D eigenvalue weighted by Crippen LogP contribution is -2.55. The Kier molecular flexibility index (Phi) is 6.55. The van der Waals surface area contributed by atoms with Crippen molar-refractivity contribution in [1.82, 2.24) is 0 Å². The zero-order valence-electron chi connectivity index (χ0n) is 30.3. The Morgan fingerprint density at radius 1 is 0.407 bits per heavy atom. The molecule has 7 aromatic carbocycles. The molecular weight excluding hydrogens is 655 g/mol. The van der Waals surface area contributed by atoms with Gasteiger partial charge in [-0.05, 0) is 143 Å². The van der Waals surface area contributed by atoms with Crippen LogP contribution in [-0.2, 0) is 5.41 Å². The van der Waals surface area contributed by atoms with Crippen LogP contribution in [0.1, 0.15) is 43.2 Å². The number of rotatable bonds is 5. The molecule has 4 bridgehead atoms. The molecule has 0 N–H and O–H groups in total. The molecule has 0 saturated heterocycles. The lowest BCUT2D eigenvalue weighted by atomic mass is 9.43. The second-order valence-electron chi connectivity index (χ2n) is 16.6. The van der Waals surface area contributed by atoms with Crippen LogP contribution in [0.5, 0.6) is 0 Å². The van der Waals surface area contributed by atoms with Gasteiger partial charge in [0.05, 0.1) is 0 Å². The lowest BCUT2D eigenvalue weighted by Gasteiger charge is -2.61. The summed E-state index contributed by atoms with van der Waals surface area (Å²) >= 11 is 0. The number of fused-ring (bicyclic) bond motifs is 6. The van der Waals surface area contributed by atoms with Crippen molar-refractivity contribution < 1.29 is 4.42 Å². The Morgan fingerprint density at radius 2 is 0.944 bits per heavy atom. The molecule has 0 radical (unpaired) electrons. The minimum absolute atomic E-state index is 0.111. The largest absolute Gasteiger partial charge is 0.456 e. The van der Waals surface area contributed by atoms with Crippen molar-refractivity contribution in [3.63, 3.8) is 0 Å². The molecular formula is C52H41NO. The SMILES string of the molecule is c1ccc(-c2ccc(-c3ccc(N(c4ccc5c(c4)C4(c6ccccc6-5)C5CC6CC(C5)CC4C6)c4ccc5c(c4)oc4ccccc45)cc3)cc2)cc1. The normalized spacial score (nSPS) is 23.3. The molecule has 1 aromatic heterocycles. The Bertz CT molecular complexity index is 2690. The quantitative estimate of drug-likeness (QED) is 0.178. The van der Waals surface area contributed by atoms with Crippen LogP contribution < -0.4 is 4.90 Å². The minimum atomic E-state index is 0.111. The summed E-state index contributed by atoms with van der Waals surface area (Å²) in [6, 6.07) is 60.7. The second kappa shape index (κ2) is 11.6. The van der Waals surface area contributed by atoms with Gasteiger partial charge >= 0.3 is 0 Å². The molecule has 260 valence electrons. The first-order chi connectivity index (χ1) is 26.7. The highest BCUT2D eigenvalue weighted by Gasteiger charge is 2.61. The molecule has 5 aliphatic rings. The Hall–Kier alpha value is -5.86. The average Bonchev–Trinajstić information content (AvgIpc) is 3.74. The molecule has 2 nitrogen and oxygen atoms in total. The fourth-order valence-electron chi connectivity index (χ4n) is 11.9. The number of hydrogen-bond donors (Lipinski definition) is 0. The van der Waals surface area contributed by atoms with Crippen LogP contribution in [0.2, 0.25) is 0 Å². The van der Waals surface area contributed by atoms with Crippen LogP contribution >= 0.6 is 0 Å². The molecule has 4 fully saturated rings. The van der Waals surface area contributed by atoms with Crippen molar-refractivity contribution in [2.75, 3.05) is 4.90 Å². The smallest absolute Gasteiger partial charge is 0.137 e. The third kappa shape index (κ3) is 4.40. The molecule has 0 unspecified atom stereocenters. The molecule has 5 aliphatic carbocycles. The maximum atomic E-state index is 6.48. The number of anilines is 3. The van der Waals surface area contributed by atoms with Crippen LogP contribution in [0, 0.1) is 23.7 Å². The highest BCUT2D eigenvalue weighted by molar-refractivity contribution is 6.06. The molecule has 0 amide bonds. The van der Waals surface area contributed by atoms with E-state index in [9.17, 15) is 0 Å². The van der Waals surface area contributed by atoms with Gasteiger partial charge in [-0.3, -0.25) is 0 Å². The molecule has 1 spiro atoms. The summed E-state index contributed by atoms with van der Waals surface area (Å²) in [7, 11) is 0. The highest BCUT2D eigenvalue weighted by Crippen LogP contribution is 2.69. The van der Waals surface area contributed by atoms with Gasteiger partial charge in [-0.2, -0.15) is 0 Å². The van der Waals surface area contributed by atoms with E-state index in [1.807, 2.05) is 0 Å². The van der Waals surface area contributed by atoms with Gasteiger partial charge < -0.3 is 9.32 Å². The third-order valence-corrected chi connectivity index (χ3v) is 13.9. The van der Waals surface area contributed by atoms with Gasteiger partial charge in [0.2, 0.25) is 0 Å². The fourth-order valence-corrected chi connectivity index (χ4v) is 11.9. The van der Waals surface area contributed by atoms with Crippen molar-refractivity contribution in [2.24, 2.45) is 23.7 Å².